The highest BCUT2D eigenvalue weighted by molar-refractivity contribution is 7.15. The van der Waals surface area contributed by atoms with Gasteiger partial charge in [0.15, 0.2) is 0 Å². The number of halogens is 3. The van der Waals surface area contributed by atoms with Gasteiger partial charge in [-0.2, -0.15) is 13.2 Å². The molecule has 2 aromatic heterocycles. The molecular formula is C14H10F3N5OS. The number of carbonyl (C=O) groups is 1. The van der Waals surface area contributed by atoms with Crippen molar-refractivity contribution >= 4 is 22.4 Å². The summed E-state index contributed by atoms with van der Waals surface area (Å²) in [5.41, 5.74) is 1.27. The maximum atomic E-state index is 12.5. The highest BCUT2D eigenvalue weighted by atomic mass is 32.1. The molecule has 1 N–H and O–H groups in total. The van der Waals surface area contributed by atoms with E-state index >= 15 is 0 Å². The number of amides is 1. The monoisotopic (exact) mass is 353 g/mol. The van der Waals surface area contributed by atoms with Crippen LogP contribution in [0.2, 0.25) is 0 Å². The molecule has 24 heavy (non-hydrogen) atoms. The first-order valence-electron chi connectivity index (χ1n) is 6.68. The summed E-state index contributed by atoms with van der Waals surface area (Å²) in [6.45, 7) is 0.604. The lowest BCUT2D eigenvalue weighted by Gasteiger charge is -2.05. The molecule has 0 saturated heterocycles. The van der Waals surface area contributed by atoms with Crippen LogP contribution in [0.1, 0.15) is 20.9 Å². The minimum absolute atomic E-state index is 0.199. The van der Waals surface area contributed by atoms with E-state index in [0.717, 1.165) is 5.56 Å². The molecule has 0 spiro atoms. The molecule has 0 saturated carbocycles. The van der Waals surface area contributed by atoms with Crippen molar-refractivity contribution in [1.82, 2.24) is 19.7 Å². The smallest absolute Gasteiger partial charge is 0.333 e. The molecule has 0 unspecified atom stereocenters. The summed E-state index contributed by atoms with van der Waals surface area (Å²) >= 11 is 0.279. The van der Waals surface area contributed by atoms with Crippen LogP contribution >= 0.6 is 11.3 Å². The van der Waals surface area contributed by atoms with Crippen LogP contribution in [-0.4, -0.2) is 25.7 Å². The van der Waals surface area contributed by atoms with Gasteiger partial charge in [-0.15, -0.1) is 10.2 Å². The van der Waals surface area contributed by atoms with Gasteiger partial charge in [-0.05, 0) is 17.7 Å². The number of benzene rings is 1. The van der Waals surface area contributed by atoms with E-state index in [4.69, 9.17) is 0 Å². The van der Waals surface area contributed by atoms with Gasteiger partial charge < -0.3 is 4.57 Å². The number of hydrogen-bond acceptors (Lipinski definition) is 5. The van der Waals surface area contributed by atoms with Gasteiger partial charge in [0, 0.05) is 24.5 Å². The Balaban J connectivity index is 1.65. The van der Waals surface area contributed by atoms with Gasteiger partial charge in [-0.25, -0.2) is 4.98 Å². The molecule has 3 rings (SSSR count). The summed E-state index contributed by atoms with van der Waals surface area (Å²) in [6.07, 6.45) is 0.581. The number of alkyl halides is 3. The maximum Gasteiger partial charge on any atom is 0.445 e. The number of anilines is 1. The molecule has 0 aliphatic carbocycles. The summed E-state index contributed by atoms with van der Waals surface area (Å²) in [6, 6.07) is 6.70. The number of hydrogen-bond donors (Lipinski definition) is 1. The Hall–Kier alpha value is -2.75. The van der Waals surface area contributed by atoms with Crippen LogP contribution in [0.15, 0.2) is 43.0 Å². The van der Waals surface area contributed by atoms with Crippen LogP contribution in [0.3, 0.4) is 0 Å². The summed E-state index contributed by atoms with van der Waals surface area (Å²) in [5, 5.41) is 7.34. The largest absolute Gasteiger partial charge is 0.445 e. The van der Waals surface area contributed by atoms with E-state index in [9.17, 15) is 18.0 Å². The highest BCUT2D eigenvalue weighted by Gasteiger charge is 2.35. The van der Waals surface area contributed by atoms with Crippen LogP contribution in [0, 0.1) is 0 Å². The SMILES string of the molecule is O=C(Nc1nnc(C(F)(F)F)s1)c1ccc(Cn2ccnc2)cc1. The summed E-state index contributed by atoms with van der Waals surface area (Å²) in [4.78, 5) is 16.0. The van der Waals surface area contributed by atoms with Crippen LogP contribution < -0.4 is 5.32 Å². The standard InChI is InChI=1S/C14H10F3N5OS/c15-14(16,17)12-20-21-13(24-12)19-11(23)10-3-1-9(2-4-10)7-22-6-5-18-8-22/h1-6,8H,7H2,(H,19,21,23). The average molecular weight is 353 g/mol. The molecule has 3 aromatic rings. The van der Waals surface area contributed by atoms with E-state index in [0.29, 0.717) is 12.1 Å². The van der Waals surface area contributed by atoms with Gasteiger partial charge in [0.1, 0.15) is 0 Å². The van der Waals surface area contributed by atoms with Crippen molar-refractivity contribution in [3.05, 3.63) is 59.1 Å². The van der Waals surface area contributed by atoms with E-state index < -0.39 is 17.1 Å². The first kappa shape index (κ1) is 16.1. The molecule has 0 fully saturated rings. The maximum absolute atomic E-state index is 12.5. The number of imidazole rings is 1. The van der Waals surface area contributed by atoms with Crippen molar-refractivity contribution in [2.45, 2.75) is 12.7 Å². The van der Waals surface area contributed by atoms with Gasteiger partial charge in [-0.3, -0.25) is 10.1 Å². The summed E-state index contributed by atoms with van der Waals surface area (Å²) in [7, 11) is 0. The first-order valence-corrected chi connectivity index (χ1v) is 7.50. The quantitative estimate of drug-likeness (QED) is 0.782. The Morgan fingerprint density at radius 1 is 1.21 bits per heavy atom. The second-order valence-corrected chi connectivity index (χ2v) is 5.77. The minimum Gasteiger partial charge on any atom is -0.333 e. The van der Waals surface area contributed by atoms with E-state index in [1.54, 1.807) is 36.8 Å². The molecule has 124 valence electrons. The Bertz CT molecular complexity index is 827. The third kappa shape index (κ3) is 3.77. The molecule has 0 bridgehead atoms. The zero-order valence-corrected chi connectivity index (χ0v) is 12.8. The lowest BCUT2D eigenvalue weighted by molar-refractivity contribution is -0.138. The number of rotatable bonds is 4. The third-order valence-corrected chi connectivity index (χ3v) is 3.91. The molecule has 10 heteroatoms. The molecule has 1 amide bonds. The number of aromatic nitrogens is 4. The molecule has 2 heterocycles. The van der Waals surface area contributed by atoms with Crippen molar-refractivity contribution in [1.29, 1.82) is 0 Å². The zero-order chi connectivity index (χ0) is 17.2. The number of nitrogens with one attached hydrogen (secondary N) is 1. The summed E-state index contributed by atoms with van der Waals surface area (Å²) in [5.74, 6) is -0.547. The molecule has 0 atom stereocenters. The van der Waals surface area contributed by atoms with Crippen molar-refractivity contribution < 1.29 is 18.0 Å². The highest BCUT2D eigenvalue weighted by Crippen LogP contribution is 2.33. The van der Waals surface area contributed by atoms with Crippen molar-refractivity contribution in [3.8, 4) is 0 Å². The van der Waals surface area contributed by atoms with E-state index in [2.05, 4.69) is 20.5 Å². The Morgan fingerprint density at radius 3 is 2.54 bits per heavy atom. The molecular weight excluding hydrogens is 343 g/mol. The molecule has 1 aromatic carbocycles. The van der Waals surface area contributed by atoms with Crippen LogP contribution in [0.25, 0.3) is 0 Å². The van der Waals surface area contributed by atoms with Gasteiger partial charge in [0.05, 0.1) is 6.33 Å². The van der Waals surface area contributed by atoms with Crippen molar-refractivity contribution in [3.63, 3.8) is 0 Å². The first-order chi connectivity index (χ1) is 11.4. The minimum atomic E-state index is -4.57. The third-order valence-electron chi connectivity index (χ3n) is 3.03. The number of nitrogens with zero attached hydrogens (tertiary/aromatic N) is 4. The average Bonchev–Trinajstić information content (AvgIpc) is 3.19. The van der Waals surface area contributed by atoms with Crippen molar-refractivity contribution in [2.75, 3.05) is 5.32 Å². The Labute approximate surface area is 138 Å². The fraction of sp³-hybridized carbons (Fsp3) is 0.143. The summed E-state index contributed by atoms with van der Waals surface area (Å²) < 4.78 is 39.2. The normalized spacial score (nSPS) is 11.5. The van der Waals surface area contributed by atoms with Gasteiger partial charge in [0.2, 0.25) is 10.1 Å². The fourth-order valence-corrected chi connectivity index (χ4v) is 2.52. The van der Waals surface area contributed by atoms with E-state index in [1.807, 2.05) is 10.8 Å². The topological polar surface area (TPSA) is 72.7 Å². The van der Waals surface area contributed by atoms with Crippen LogP contribution in [-0.2, 0) is 12.7 Å². The van der Waals surface area contributed by atoms with Crippen molar-refractivity contribution in [2.24, 2.45) is 0 Å². The Kier molecular flexibility index (Phi) is 4.30. The second kappa shape index (κ2) is 6.40. The van der Waals surface area contributed by atoms with E-state index in [1.165, 1.54) is 0 Å². The van der Waals surface area contributed by atoms with Gasteiger partial charge in [-0.1, -0.05) is 23.5 Å². The lowest BCUT2D eigenvalue weighted by Crippen LogP contribution is -2.11. The predicted molar refractivity (Wildman–Crippen MR) is 80.6 cm³/mol. The zero-order valence-electron chi connectivity index (χ0n) is 12.0. The second-order valence-electron chi connectivity index (χ2n) is 4.80. The number of carbonyl (C=O) groups excluding carboxylic acids is 1. The fourth-order valence-electron chi connectivity index (χ4n) is 1.91. The molecule has 6 nitrogen and oxygen atoms in total. The van der Waals surface area contributed by atoms with E-state index in [-0.39, 0.29) is 16.5 Å². The van der Waals surface area contributed by atoms with Crippen LogP contribution in [0.5, 0.6) is 0 Å². The predicted octanol–water partition coefficient (Wildman–Crippen LogP) is 3.05. The molecule has 0 radical (unpaired) electrons. The molecule has 0 aliphatic heterocycles. The molecule has 0 aliphatic rings. The van der Waals surface area contributed by atoms with Gasteiger partial charge in [0.25, 0.3) is 5.91 Å². The lowest BCUT2D eigenvalue weighted by atomic mass is 10.1. The Morgan fingerprint density at radius 2 is 1.96 bits per heavy atom. The van der Waals surface area contributed by atoms with Gasteiger partial charge >= 0.3 is 6.18 Å². The van der Waals surface area contributed by atoms with Crippen LogP contribution in [0.4, 0.5) is 18.3 Å².